The average Bonchev–Trinajstić information content (AvgIpc) is 2.47. The summed E-state index contributed by atoms with van der Waals surface area (Å²) in [4.78, 5) is 0. The van der Waals surface area contributed by atoms with Crippen LogP contribution in [0.15, 0.2) is 12.3 Å². The molecule has 1 heterocycles. The predicted octanol–water partition coefficient (Wildman–Crippen LogP) is 2.62. The molecule has 0 bridgehead atoms. The Morgan fingerprint density at radius 1 is 1.54 bits per heavy atom. The summed E-state index contributed by atoms with van der Waals surface area (Å²) in [5, 5.41) is 9.01. The second kappa shape index (κ2) is 3.26. The van der Waals surface area contributed by atoms with E-state index in [4.69, 9.17) is 5.26 Å². The van der Waals surface area contributed by atoms with E-state index in [1.165, 1.54) is 5.56 Å². The summed E-state index contributed by atoms with van der Waals surface area (Å²) >= 11 is 0. The van der Waals surface area contributed by atoms with Gasteiger partial charge in [0.15, 0.2) is 0 Å². The molecule has 0 aliphatic heterocycles. The molecule has 0 amide bonds. The highest BCUT2D eigenvalue weighted by atomic mass is 15.0. The van der Waals surface area contributed by atoms with E-state index in [2.05, 4.69) is 36.7 Å². The van der Waals surface area contributed by atoms with Crippen LogP contribution in [0.1, 0.15) is 32.0 Å². The fraction of sp³-hybridized carbons (Fsp3) is 0.545. The van der Waals surface area contributed by atoms with E-state index in [1.54, 1.807) is 0 Å². The van der Waals surface area contributed by atoms with Crippen LogP contribution in [0.25, 0.3) is 0 Å². The molecule has 0 atom stereocenters. The fourth-order valence-electron chi connectivity index (χ4n) is 1.51. The Bertz CT molecular complexity index is 339. The van der Waals surface area contributed by atoms with Crippen LogP contribution in [-0.4, -0.2) is 4.57 Å². The van der Waals surface area contributed by atoms with Gasteiger partial charge in [0.05, 0.1) is 11.5 Å². The predicted molar refractivity (Wildman–Crippen MR) is 53.5 cm³/mol. The van der Waals surface area contributed by atoms with Crippen molar-refractivity contribution in [3.8, 4) is 6.07 Å². The Balaban J connectivity index is 3.22. The standard InChI is InChI=1S/C11H16N2/c1-5-13-7-9(2)6-10(13)11(3,4)8-12/h6-7H,5H2,1-4H3. The molecule has 0 unspecified atom stereocenters. The fourth-order valence-corrected chi connectivity index (χ4v) is 1.51. The van der Waals surface area contributed by atoms with Crippen molar-refractivity contribution in [2.24, 2.45) is 0 Å². The Morgan fingerprint density at radius 2 is 2.15 bits per heavy atom. The van der Waals surface area contributed by atoms with Gasteiger partial charge in [0.25, 0.3) is 0 Å². The van der Waals surface area contributed by atoms with Gasteiger partial charge in [0, 0.05) is 18.4 Å². The van der Waals surface area contributed by atoms with Gasteiger partial charge in [-0.25, -0.2) is 0 Å². The lowest BCUT2D eigenvalue weighted by Crippen LogP contribution is -2.18. The minimum Gasteiger partial charge on any atom is -0.350 e. The molecule has 0 saturated heterocycles. The monoisotopic (exact) mass is 176 g/mol. The Kier molecular flexibility index (Phi) is 2.47. The van der Waals surface area contributed by atoms with Crippen molar-refractivity contribution in [3.05, 3.63) is 23.5 Å². The molecule has 2 nitrogen and oxygen atoms in total. The average molecular weight is 176 g/mol. The number of aryl methyl sites for hydroxylation is 2. The molecule has 0 N–H and O–H groups in total. The molecule has 70 valence electrons. The van der Waals surface area contributed by atoms with Gasteiger partial charge in [-0.15, -0.1) is 0 Å². The van der Waals surface area contributed by atoms with E-state index in [1.807, 2.05) is 13.8 Å². The van der Waals surface area contributed by atoms with Crippen LogP contribution in [0.5, 0.6) is 0 Å². The van der Waals surface area contributed by atoms with Crippen molar-refractivity contribution in [1.29, 1.82) is 5.26 Å². The van der Waals surface area contributed by atoms with Crippen molar-refractivity contribution in [2.75, 3.05) is 0 Å². The quantitative estimate of drug-likeness (QED) is 0.681. The zero-order valence-electron chi connectivity index (χ0n) is 8.76. The molecule has 0 aromatic carbocycles. The summed E-state index contributed by atoms with van der Waals surface area (Å²) in [6.07, 6.45) is 2.09. The third-order valence-electron chi connectivity index (χ3n) is 2.29. The third-order valence-corrected chi connectivity index (χ3v) is 2.29. The highest BCUT2D eigenvalue weighted by Gasteiger charge is 2.23. The third kappa shape index (κ3) is 1.75. The van der Waals surface area contributed by atoms with Gasteiger partial charge >= 0.3 is 0 Å². The topological polar surface area (TPSA) is 28.7 Å². The lowest BCUT2D eigenvalue weighted by atomic mass is 9.91. The molecule has 1 rings (SSSR count). The van der Waals surface area contributed by atoms with Crippen LogP contribution in [0.4, 0.5) is 0 Å². The van der Waals surface area contributed by atoms with Crippen molar-refractivity contribution < 1.29 is 0 Å². The van der Waals surface area contributed by atoms with Crippen LogP contribution in [0, 0.1) is 18.3 Å². The number of rotatable bonds is 2. The molecular formula is C11H16N2. The van der Waals surface area contributed by atoms with E-state index >= 15 is 0 Å². The minimum atomic E-state index is -0.385. The molecule has 0 fully saturated rings. The van der Waals surface area contributed by atoms with Gasteiger partial charge in [-0.1, -0.05) is 0 Å². The largest absolute Gasteiger partial charge is 0.350 e. The van der Waals surface area contributed by atoms with E-state index < -0.39 is 0 Å². The van der Waals surface area contributed by atoms with E-state index in [0.717, 1.165) is 12.2 Å². The first kappa shape index (κ1) is 9.85. The van der Waals surface area contributed by atoms with Crippen molar-refractivity contribution >= 4 is 0 Å². The SMILES string of the molecule is CCn1cc(C)cc1C(C)(C)C#N. The normalized spacial score (nSPS) is 11.3. The number of aromatic nitrogens is 1. The smallest absolute Gasteiger partial charge is 0.0917 e. The van der Waals surface area contributed by atoms with Crippen LogP contribution in [0.3, 0.4) is 0 Å². The van der Waals surface area contributed by atoms with Gasteiger partial charge in [0.2, 0.25) is 0 Å². The number of hydrogen-bond donors (Lipinski definition) is 0. The van der Waals surface area contributed by atoms with E-state index in [0.29, 0.717) is 0 Å². The summed E-state index contributed by atoms with van der Waals surface area (Å²) in [6, 6.07) is 4.41. The van der Waals surface area contributed by atoms with E-state index in [9.17, 15) is 0 Å². The van der Waals surface area contributed by atoms with Crippen LogP contribution < -0.4 is 0 Å². The second-order valence-electron chi connectivity index (χ2n) is 3.93. The lowest BCUT2D eigenvalue weighted by Gasteiger charge is -2.17. The molecule has 13 heavy (non-hydrogen) atoms. The lowest BCUT2D eigenvalue weighted by molar-refractivity contribution is 0.590. The van der Waals surface area contributed by atoms with Crippen LogP contribution >= 0.6 is 0 Å². The van der Waals surface area contributed by atoms with Crippen molar-refractivity contribution in [1.82, 2.24) is 4.57 Å². The molecule has 0 radical (unpaired) electrons. The van der Waals surface area contributed by atoms with Crippen LogP contribution in [-0.2, 0) is 12.0 Å². The maximum atomic E-state index is 9.01. The van der Waals surface area contributed by atoms with Crippen LogP contribution in [0.2, 0.25) is 0 Å². The second-order valence-corrected chi connectivity index (χ2v) is 3.93. The molecule has 0 aliphatic rings. The summed E-state index contributed by atoms with van der Waals surface area (Å²) in [7, 11) is 0. The van der Waals surface area contributed by atoms with Gasteiger partial charge in [-0.2, -0.15) is 5.26 Å². The first-order chi connectivity index (χ1) is 6.01. The molecule has 1 aromatic heterocycles. The Morgan fingerprint density at radius 3 is 2.62 bits per heavy atom. The maximum absolute atomic E-state index is 9.01. The number of hydrogen-bond acceptors (Lipinski definition) is 1. The molecular weight excluding hydrogens is 160 g/mol. The van der Waals surface area contributed by atoms with Gasteiger partial charge < -0.3 is 4.57 Å². The molecule has 1 aromatic rings. The van der Waals surface area contributed by atoms with Crippen molar-refractivity contribution in [2.45, 2.75) is 39.7 Å². The van der Waals surface area contributed by atoms with Gasteiger partial charge in [0.1, 0.15) is 0 Å². The first-order valence-electron chi connectivity index (χ1n) is 4.59. The molecule has 0 saturated carbocycles. The highest BCUT2D eigenvalue weighted by molar-refractivity contribution is 5.29. The first-order valence-corrected chi connectivity index (χ1v) is 4.59. The zero-order valence-corrected chi connectivity index (χ0v) is 8.76. The molecule has 2 heteroatoms. The highest BCUT2D eigenvalue weighted by Crippen LogP contribution is 2.24. The maximum Gasteiger partial charge on any atom is 0.0917 e. The Hall–Kier alpha value is -1.23. The van der Waals surface area contributed by atoms with Gasteiger partial charge in [-0.3, -0.25) is 0 Å². The molecule has 0 spiro atoms. The zero-order chi connectivity index (χ0) is 10.1. The van der Waals surface area contributed by atoms with Gasteiger partial charge in [-0.05, 0) is 39.3 Å². The minimum absolute atomic E-state index is 0.385. The molecule has 0 aliphatic carbocycles. The summed E-state index contributed by atoms with van der Waals surface area (Å²) < 4.78 is 2.14. The number of nitriles is 1. The van der Waals surface area contributed by atoms with E-state index in [-0.39, 0.29) is 5.41 Å². The summed E-state index contributed by atoms with van der Waals surface area (Å²) in [6.45, 7) is 8.98. The van der Waals surface area contributed by atoms with Crippen molar-refractivity contribution in [3.63, 3.8) is 0 Å². The Labute approximate surface area is 79.8 Å². The summed E-state index contributed by atoms with van der Waals surface area (Å²) in [5.74, 6) is 0. The summed E-state index contributed by atoms with van der Waals surface area (Å²) in [5.41, 5.74) is 1.94. The number of nitrogens with zero attached hydrogens (tertiary/aromatic N) is 2.